The summed E-state index contributed by atoms with van der Waals surface area (Å²) in [5.41, 5.74) is 1.63. The number of carbonyl (C=O) groups is 1. The van der Waals surface area contributed by atoms with Crippen molar-refractivity contribution in [3.63, 3.8) is 0 Å². The van der Waals surface area contributed by atoms with Crippen LogP contribution < -0.4 is 5.46 Å². The SMILES string of the molecule is CCN(CC)C(=O)c1cc2cccc(B3OC(C)(C)C(C)(C)O3)c2[nH]1. The first-order valence-corrected chi connectivity index (χ1v) is 8.96. The Morgan fingerprint density at radius 1 is 1.12 bits per heavy atom. The van der Waals surface area contributed by atoms with Crippen LogP contribution in [0.25, 0.3) is 10.9 Å². The maximum Gasteiger partial charge on any atom is 0.497 e. The summed E-state index contributed by atoms with van der Waals surface area (Å²) in [6.07, 6.45) is 0. The number of aromatic nitrogens is 1. The quantitative estimate of drug-likeness (QED) is 0.870. The highest BCUT2D eigenvalue weighted by Gasteiger charge is 2.52. The first-order valence-electron chi connectivity index (χ1n) is 8.96. The van der Waals surface area contributed by atoms with Gasteiger partial charge >= 0.3 is 7.12 Å². The van der Waals surface area contributed by atoms with Crippen LogP contribution in [0.3, 0.4) is 0 Å². The van der Waals surface area contributed by atoms with E-state index in [1.807, 2.05) is 65.8 Å². The zero-order valence-electron chi connectivity index (χ0n) is 16.0. The minimum absolute atomic E-state index is 0.0149. The number of hydrogen-bond acceptors (Lipinski definition) is 3. The van der Waals surface area contributed by atoms with Crippen LogP contribution in [0.4, 0.5) is 0 Å². The second-order valence-electron chi connectivity index (χ2n) is 7.56. The molecule has 1 aromatic carbocycles. The van der Waals surface area contributed by atoms with E-state index in [1.165, 1.54) is 0 Å². The van der Waals surface area contributed by atoms with Crippen LogP contribution in [0.1, 0.15) is 52.0 Å². The third kappa shape index (κ3) is 2.98. The number of nitrogens with one attached hydrogen (secondary N) is 1. The van der Waals surface area contributed by atoms with Gasteiger partial charge in [0.2, 0.25) is 0 Å². The predicted molar refractivity (Wildman–Crippen MR) is 101 cm³/mol. The van der Waals surface area contributed by atoms with Crippen LogP contribution >= 0.6 is 0 Å². The van der Waals surface area contributed by atoms with Crippen molar-refractivity contribution in [3.05, 3.63) is 30.0 Å². The lowest BCUT2D eigenvalue weighted by atomic mass is 9.78. The topological polar surface area (TPSA) is 54.6 Å². The fourth-order valence-corrected chi connectivity index (χ4v) is 3.14. The van der Waals surface area contributed by atoms with Crippen molar-refractivity contribution >= 4 is 29.4 Å². The smallest absolute Gasteiger partial charge is 0.399 e. The summed E-state index contributed by atoms with van der Waals surface area (Å²) in [4.78, 5) is 17.7. The molecular formula is C19H27BN2O3. The number of fused-ring (bicyclic) bond motifs is 1. The van der Waals surface area contributed by atoms with Gasteiger partial charge in [-0.25, -0.2) is 0 Å². The number of aromatic amines is 1. The largest absolute Gasteiger partial charge is 0.497 e. The molecule has 0 spiro atoms. The van der Waals surface area contributed by atoms with Crippen molar-refractivity contribution in [1.29, 1.82) is 0 Å². The van der Waals surface area contributed by atoms with Gasteiger partial charge in [-0.15, -0.1) is 0 Å². The molecule has 0 saturated carbocycles. The molecule has 1 fully saturated rings. The van der Waals surface area contributed by atoms with Gasteiger partial charge in [0.15, 0.2) is 0 Å². The van der Waals surface area contributed by atoms with E-state index in [0.29, 0.717) is 18.8 Å². The van der Waals surface area contributed by atoms with E-state index in [1.54, 1.807) is 4.90 Å². The summed E-state index contributed by atoms with van der Waals surface area (Å²) >= 11 is 0. The third-order valence-corrected chi connectivity index (χ3v) is 5.48. The van der Waals surface area contributed by atoms with Crippen molar-refractivity contribution < 1.29 is 14.1 Å². The standard InChI is InChI=1S/C19H27BN2O3/c1-7-22(8-2)17(23)15-12-13-10-9-11-14(16(13)21-15)20-24-18(3,4)19(5,6)25-20/h9-12,21H,7-8H2,1-6H3. The summed E-state index contributed by atoms with van der Waals surface area (Å²) in [7, 11) is -0.455. The van der Waals surface area contributed by atoms with Crippen LogP contribution in [-0.4, -0.2) is 47.2 Å². The Kier molecular flexibility index (Phi) is 4.46. The van der Waals surface area contributed by atoms with E-state index in [-0.39, 0.29) is 5.91 Å². The lowest BCUT2D eigenvalue weighted by Gasteiger charge is -2.32. The molecule has 1 aromatic heterocycles. The maximum absolute atomic E-state index is 12.6. The minimum atomic E-state index is -0.455. The van der Waals surface area contributed by atoms with Crippen molar-refractivity contribution in [2.75, 3.05) is 13.1 Å². The van der Waals surface area contributed by atoms with Gasteiger partial charge in [0.25, 0.3) is 5.91 Å². The monoisotopic (exact) mass is 342 g/mol. The number of rotatable bonds is 4. The number of benzene rings is 1. The second-order valence-corrected chi connectivity index (χ2v) is 7.56. The number of nitrogens with zero attached hydrogens (tertiary/aromatic N) is 1. The lowest BCUT2D eigenvalue weighted by molar-refractivity contribution is 0.00578. The average molecular weight is 342 g/mol. The Hall–Kier alpha value is -1.79. The summed E-state index contributed by atoms with van der Waals surface area (Å²) in [5.74, 6) is 0.0149. The van der Waals surface area contributed by atoms with Crippen LogP contribution in [0.5, 0.6) is 0 Å². The molecule has 2 heterocycles. The summed E-state index contributed by atoms with van der Waals surface area (Å²) in [5, 5.41) is 0.989. The molecule has 2 aromatic rings. The molecule has 1 aliphatic heterocycles. The highest BCUT2D eigenvalue weighted by molar-refractivity contribution is 6.65. The molecule has 1 saturated heterocycles. The zero-order chi connectivity index (χ0) is 18.4. The normalized spacial score (nSPS) is 18.7. The zero-order valence-corrected chi connectivity index (χ0v) is 16.0. The summed E-state index contributed by atoms with van der Waals surface area (Å²) < 4.78 is 12.4. The van der Waals surface area contributed by atoms with Gasteiger partial charge in [-0.1, -0.05) is 18.2 Å². The second kappa shape index (κ2) is 6.18. The number of hydrogen-bond donors (Lipinski definition) is 1. The Morgan fingerprint density at radius 2 is 1.72 bits per heavy atom. The fraction of sp³-hybridized carbons (Fsp3) is 0.526. The Labute approximate surface area is 149 Å². The van der Waals surface area contributed by atoms with Crippen LogP contribution in [-0.2, 0) is 9.31 Å². The molecule has 5 nitrogen and oxygen atoms in total. The van der Waals surface area contributed by atoms with Gasteiger partial charge < -0.3 is 19.2 Å². The molecule has 1 N–H and O–H groups in total. The molecule has 3 rings (SSSR count). The number of carbonyl (C=O) groups excluding carboxylic acids is 1. The van der Waals surface area contributed by atoms with Gasteiger partial charge in [0, 0.05) is 24.1 Å². The van der Waals surface area contributed by atoms with Gasteiger partial charge in [-0.2, -0.15) is 0 Å². The number of para-hydroxylation sites is 1. The molecule has 0 radical (unpaired) electrons. The minimum Gasteiger partial charge on any atom is -0.399 e. The van der Waals surface area contributed by atoms with Crippen molar-refractivity contribution in [3.8, 4) is 0 Å². The van der Waals surface area contributed by atoms with Gasteiger partial charge in [-0.3, -0.25) is 4.79 Å². The molecule has 6 heteroatoms. The van der Waals surface area contributed by atoms with E-state index in [0.717, 1.165) is 16.4 Å². The highest BCUT2D eigenvalue weighted by atomic mass is 16.7. The molecule has 25 heavy (non-hydrogen) atoms. The third-order valence-electron chi connectivity index (χ3n) is 5.48. The van der Waals surface area contributed by atoms with E-state index >= 15 is 0 Å². The Morgan fingerprint density at radius 3 is 2.28 bits per heavy atom. The van der Waals surface area contributed by atoms with E-state index in [2.05, 4.69) is 4.98 Å². The molecule has 0 atom stereocenters. The lowest BCUT2D eigenvalue weighted by Crippen LogP contribution is -2.41. The van der Waals surface area contributed by atoms with Crippen LogP contribution in [0.15, 0.2) is 24.3 Å². The van der Waals surface area contributed by atoms with E-state index in [9.17, 15) is 4.79 Å². The predicted octanol–water partition coefficient (Wildman–Crippen LogP) is 2.95. The van der Waals surface area contributed by atoms with Crippen LogP contribution in [0.2, 0.25) is 0 Å². The van der Waals surface area contributed by atoms with Gasteiger partial charge in [0.1, 0.15) is 5.69 Å². The van der Waals surface area contributed by atoms with Crippen LogP contribution in [0, 0.1) is 0 Å². The summed E-state index contributed by atoms with van der Waals surface area (Å²) in [6.45, 7) is 13.5. The Balaban J connectivity index is 2.00. The molecule has 1 amide bonds. The first kappa shape index (κ1) is 18.0. The van der Waals surface area contributed by atoms with E-state index < -0.39 is 18.3 Å². The fourth-order valence-electron chi connectivity index (χ4n) is 3.14. The highest BCUT2D eigenvalue weighted by Crippen LogP contribution is 2.37. The van der Waals surface area contributed by atoms with Gasteiger partial charge in [0.05, 0.1) is 11.2 Å². The molecular weight excluding hydrogens is 315 g/mol. The molecule has 0 aliphatic carbocycles. The number of amides is 1. The van der Waals surface area contributed by atoms with E-state index in [4.69, 9.17) is 9.31 Å². The molecule has 134 valence electrons. The van der Waals surface area contributed by atoms with Crippen molar-refractivity contribution in [2.45, 2.75) is 52.7 Å². The van der Waals surface area contributed by atoms with Gasteiger partial charge in [-0.05, 0) is 53.0 Å². The first-order chi connectivity index (χ1) is 11.7. The molecule has 0 bridgehead atoms. The maximum atomic E-state index is 12.6. The van der Waals surface area contributed by atoms with Crippen molar-refractivity contribution in [2.24, 2.45) is 0 Å². The van der Waals surface area contributed by atoms with Crippen molar-refractivity contribution in [1.82, 2.24) is 9.88 Å². The average Bonchev–Trinajstić information content (AvgIpc) is 3.06. The molecule has 0 unspecified atom stereocenters. The number of H-pyrrole nitrogens is 1. The molecule has 1 aliphatic rings. The summed E-state index contributed by atoms with van der Waals surface area (Å²) in [6, 6.07) is 7.87. The Bertz CT molecular complexity index is 777.